The minimum Gasteiger partial charge on any atom is -0.670 e. The van der Waals surface area contributed by atoms with E-state index in [0.717, 1.165) is 0 Å². The molecule has 84 valence electrons. The van der Waals surface area contributed by atoms with Gasteiger partial charge in [0, 0.05) is 182 Å². The average molecular weight is 1080 g/mol. The van der Waals surface area contributed by atoms with Crippen LogP contribution >= 0.6 is 0 Å². The summed E-state index contributed by atoms with van der Waals surface area (Å²) in [7, 11) is 0. The van der Waals surface area contributed by atoms with Crippen molar-refractivity contribution in [2.75, 3.05) is 6.61 Å². The van der Waals surface area contributed by atoms with E-state index in [1.165, 1.54) is 0 Å². The number of nitrogens with one attached hydrogen (secondary N) is 1. The molecular weight excluding hydrogens is 1070 g/mol. The predicted octanol–water partition coefficient (Wildman–Crippen LogP) is -1.09. The maximum absolute atomic E-state index is 9.29. The van der Waals surface area contributed by atoms with Crippen LogP contribution < -0.4 is 0 Å². The van der Waals surface area contributed by atoms with Crippen LogP contribution in [0.25, 0.3) is 5.73 Å². The first kappa shape index (κ1) is 29.6. The Balaban J connectivity index is -0.000000180. The molecule has 5 nitrogen and oxygen atoms in total. The Morgan fingerprint density at radius 1 is 1.06 bits per heavy atom. The van der Waals surface area contributed by atoms with Gasteiger partial charge in [-0.05, 0) is 6.92 Å². The Bertz CT molecular complexity index is 163. The van der Waals surface area contributed by atoms with E-state index in [-0.39, 0.29) is 183 Å². The van der Waals surface area contributed by atoms with Gasteiger partial charge in [0.05, 0.1) is 12.7 Å². The number of hydrogen-bond acceptors (Lipinski definition) is 4. The average Bonchev–Trinajstić information content (AvgIpc) is 2.08. The molecule has 1 aliphatic heterocycles. The summed E-state index contributed by atoms with van der Waals surface area (Å²) in [5, 5.41) is 27.3. The van der Waals surface area contributed by atoms with E-state index in [0.29, 0.717) is 0 Å². The van der Waals surface area contributed by atoms with Gasteiger partial charge in [0.1, 0.15) is 12.2 Å². The van der Waals surface area contributed by atoms with E-state index in [1.54, 1.807) is 6.92 Å². The van der Waals surface area contributed by atoms with Crippen molar-refractivity contribution in [3.63, 3.8) is 0 Å². The second-order valence-corrected chi connectivity index (χ2v) is 3.07. The van der Waals surface area contributed by atoms with Gasteiger partial charge in [0.15, 0.2) is 0 Å². The number of ether oxygens (including phenoxy) is 1. The zero-order valence-electron chi connectivity index (χ0n) is 9.15. The number of aliphatic hydroxyl groups is 3. The zero-order valence-corrected chi connectivity index (χ0v) is 28.1. The van der Waals surface area contributed by atoms with Crippen molar-refractivity contribution in [1.82, 2.24) is 0 Å². The van der Waals surface area contributed by atoms with E-state index in [4.69, 9.17) is 15.6 Å². The quantitative estimate of drug-likeness (QED) is 0.312. The minimum atomic E-state index is -1.16. The van der Waals surface area contributed by atoms with Gasteiger partial charge in [-0.25, -0.2) is 0 Å². The van der Waals surface area contributed by atoms with Crippen LogP contribution in [0.1, 0.15) is 6.92 Å². The Hall–Kier alpha value is 5.57. The maximum atomic E-state index is 9.29. The summed E-state index contributed by atoms with van der Waals surface area (Å²) in [6.07, 6.45) is -3.52. The normalized spacial score (nSPS) is 36.9. The minimum absolute atomic E-state index is 0. The van der Waals surface area contributed by atoms with Crippen LogP contribution in [-0.4, -0.2) is 52.4 Å². The summed E-state index contributed by atoms with van der Waals surface area (Å²) in [5.41, 5.74) is 7.36. The number of hydrogen-bond donors (Lipinski definition) is 3. The molecule has 3 unspecified atom stereocenters. The van der Waals surface area contributed by atoms with Gasteiger partial charge in [-0.15, -0.1) is 0 Å². The van der Waals surface area contributed by atoms with Crippen LogP contribution in [0.4, 0.5) is 0 Å². The molecule has 1 rings (SSSR count). The van der Waals surface area contributed by atoms with Crippen LogP contribution in [0, 0.1) is 176 Å². The van der Waals surface area contributed by atoms with Crippen molar-refractivity contribution < 1.29 is 196 Å². The van der Waals surface area contributed by atoms with Crippen LogP contribution in [-0.2, 0) is 4.74 Å². The molecule has 1 saturated heterocycles. The Morgan fingerprint density at radius 3 is 1.88 bits per heavy atom. The van der Waals surface area contributed by atoms with Crippen molar-refractivity contribution in [1.29, 1.82) is 0 Å². The largest absolute Gasteiger partial charge is 0.670 e. The van der Waals surface area contributed by atoms with Gasteiger partial charge < -0.3 is 25.8 Å². The summed E-state index contributed by atoms with van der Waals surface area (Å²) >= 11 is 0. The van der Waals surface area contributed by atoms with Crippen molar-refractivity contribution in [2.45, 2.75) is 37.4 Å². The first-order valence-electron chi connectivity index (χ1n) is 3.91. The molecule has 1 heterocycles. The molecule has 1 aliphatic rings. The van der Waals surface area contributed by atoms with Crippen molar-refractivity contribution >= 4 is 0 Å². The molecule has 0 spiro atoms. The first-order chi connectivity index (χ1) is 5.57. The van der Waals surface area contributed by atoms with Crippen molar-refractivity contribution in [3.05, 3.63) is 5.73 Å². The predicted molar refractivity (Wildman–Crippen MR) is 41.5 cm³/mol. The standard InChI is InChI=1S/C7H14NO4.4Ac/c1-3-5(8)7(11)6(10)4(2-9)12-3;;;;/h3-11H,2H2,1H3;;;;/q-1;;;;/t3-,4+,5?,6?,7?;;;;/m0..../s1. The Morgan fingerprint density at radius 2 is 1.50 bits per heavy atom. The molecule has 0 saturated carbocycles. The summed E-state index contributed by atoms with van der Waals surface area (Å²) in [6, 6.07) is -0.845. The molecule has 0 aliphatic carbocycles. The van der Waals surface area contributed by atoms with Gasteiger partial charge in [-0.3, -0.25) is 0 Å². The smallest absolute Gasteiger partial charge is 0.109 e. The van der Waals surface area contributed by atoms with Crippen LogP contribution in [0.2, 0.25) is 0 Å². The molecule has 0 aromatic carbocycles. The monoisotopic (exact) mass is 1080 g/mol. The number of rotatable bonds is 1. The van der Waals surface area contributed by atoms with E-state index < -0.39 is 30.5 Å². The van der Waals surface area contributed by atoms with E-state index in [1.807, 2.05) is 0 Å². The molecule has 0 amide bonds. The van der Waals surface area contributed by atoms with Crippen molar-refractivity contribution in [3.8, 4) is 0 Å². The summed E-state index contributed by atoms with van der Waals surface area (Å²) in [5.74, 6) is 0. The first-order valence-corrected chi connectivity index (χ1v) is 3.91. The fourth-order valence-corrected chi connectivity index (χ4v) is 1.30. The summed E-state index contributed by atoms with van der Waals surface area (Å²) in [6.45, 7) is 1.30. The third-order valence-corrected chi connectivity index (χ3v) is 2.17. The Labute approximate surface area is 239 Å². The summed E-state index contributed by atoms with van der Waals surface area (Å²) in [4.78, 5) is 0. The topological polar surface area (TPSA) is 93.7 Å². The molecule has 0 aromatic rings. The van der Waals surface area contributed by atoms with Crippen LogP contribution in [0.3, 0.4) is 0 Å². The molecule has 5 atom stereocenters. The molecule has 9 heteroatoms. The molecule has 4 radical (unpaired) electrons. The van der Waals surface area contributed by atoms with Gasteiger partial charge in [-0.2, -0.15) is 0 Å². The molecule has 1 fully saturated rings. The SMILES string of the molecule is C[C@@H]1O[C@H](CO)C(O)C(O)C1[NH-].[Ac].[Ac].[Ac].[Ac]. The van der Waals surface area contributed by atoms with E-state index in [2.05, 4.69) is 0 Å². The van der Waals surface area contributed by atoms with Crippen molar-refractivity contribution in [2.24, 2.45) is 0 Å². The molecule has 4 N–H and O–H groups in total. The van der Waals surface area contributed by atoms with Gasteiger partial charge in [0.2, 0.25) is 0 Å². The molecular formula is C7H14Ac4NO4-. The number of aliphatic hydroxyl groups excluding tert-OH is 3. The zero-order chi connectivity index (χ0) is 9.30. The second kappa shape index (κ2) is 15.5. The van der Waals surface area contributed by atoms with E-state index in [9.17, 15) is 10.2 Å². The Kier molecular flexibility index (Phi) is 28.6. The van der Waals surface area contributed by atoms with Gasteiger partial charge in [-0.1, -0.05) is 6.04 Å². The van der Waals surface area contributed by atoms with Crippen LogP contribution in [0.15, 0.2) is 0 Å². The second-order valence-electron chi connectivity index (χ2n) is 3.07. The molecule has 0 aromatic heterocycles. The van der Waals surface area contributed by atoms with E-state index >= 15 is 0 Å². The third-order valence-electron chi connectivity index (χ3n) is 2.17. The van der Waals surface area contributed by atoms with Gasteiger partial charge in [0.25, 0.3) is 0 Å². The van der Waals surface area contributed by atoms with Gasteiger partial charge >= 0.3 is 0 Å². The third kappa shape index (κ3) is 8.88. The maximum Gasteiger partial charge on any atom is 0.109 e. The fourth-order valence-electron chi connectivity index (χ4n) is 1.30. The molecule has 16 heavy (non-hydrogen) atoms. The van der Waals surface area contributed by atoms with Crippen LogP contribution in [0.5, 0.6) is 0 Å². The summed E-state index contributed by atoms with van der Waals surface area (Å²) < 4.78 is 5.08. The molecule has 0 bridgehead atoms. The fraction of sp³-hybridized carbons (Fsp3) is 1.00.